The van der Waals surface area contributed by atoms with Crippen molar-refractivity contribution in [1.29, 1.82) is 0 Å². The highest BCUT2D eigenvalue weighted by molar-refractivity contribution is 6.30. The zero-order chi connectivity index (χ0) is 15.9. The summed E-state index contributed by atoms with van der Waals surface area (Å²) in [5.74, 6) is -0.213. The second kappa shape index (κ2) is 7.61. The average Bonchev–Trinajstić information content (AvgIpc) is 2.53. The van der Waals surface area contributed by atoms with Crippen LogP contribution in [0.25, 0.3) is 0 Å². The van der Waals surface area contributed by atoms with Crippen molar-refractivity contribution >= 4 is 28.9 Å². The predicted molar refractivity (Wildman–Crippen MR) is 91.3 cm³/mol. The number of hydrogen-bond acceptors (Lipinski definition) is 3. The maximum absolute atomic E-state index is 12.1. The number of anilines is 1. The molecule has 2 N–H and O–H groups in total. The average molecular weight is 316 g/mol. The highest BCUT2D eigenvalue weighted by Gasteiger charge is 2.12. The molecule has 0 heterocycles. The van der Waals surface area contributed by atoms with Crippen LogP contribution in [0.4, 0.5) is 5.69 Å². The van der Waals surface area contributed by atoms with Crippen LogP contribution in [0, 0.1) is 0 Å². The Morgan fingerprint density at radius 2 is 1.86 bits per heavy atom. The highest BCUT2D eigenvalue weighted by atomic mass is 35.5. The van der Waals surface area contributed by atoms with Gasteiger partial charge in [-0.1, -0.05) is 48.0 Å². The fourth-order valence-corrected chi connectivity index (χ4v) is 2.06. The summed E-state index contributed by atoms with van der Waals surface area (Å²) in [7, 11) is 0. The smallest absolute Gasteiger partial charge is 0.262 e. The Labute approximate surface area is 135 Å². The number of rotatable bonds is 5. The second-order valence-electron chi connectivity index (χ2n) is 4.92. The molecule has 0 spiro atoms. The fraction of sp³-hybridized carbons (Fsp3) is 0.176. The zero-order valence-electron chi connectivity index (χ0n) is 12.5. The van der Waals surface area contributed by atoms with Crippen molar-refractivity contribution < 1.29 is 4.79 Å². The van der Waals surface area contributed by atoms with Gasteiger partial charge in [-0.15, -0.1) is 0 Å². The summed E-state index contributed by atoms with van der Waals surface area (Å²) in [5.41, 5.74) is 5.08. The lowest BCUT2D eigenvalue weighted by molar-refractivity contribution is -0.121. The molecule has 5 heteroatoms. The largest absolute Gasteiger partial charge is 0.374 e. The summed E-state index contributed by atoms with van der Waals surface area (Å²) in [6.45, 7) is 3.62. The summed E-state index contributed by atoms with van der Waals surface area (Å²) in [6.07, 6.45) is 0. The molecule has 1 atom stereocenters. The fourth-order valence-electron chi connectivity index (χ4n) is 1.87. The number of carbonyl (C=O) groups excluding carboxylic acids is 1. The maximum Gasteiger partial charge on any atom is 0.262 e. The maximum atomic E-state index is 12.1. The summed E-state index contributed by atoms with van der Waals surface area (Å²) < 4.78 is 0. The topological polar surface area (TPSA) is 53.5 Å². The summed E-state index contributed by atoms with van der Waals surface area (Å²) in [5, 5.41) is 7.83. The number of halogens is 1. The SMILES string of the molecule is CC(=NNC(=O)[C@H](C)Nc1cccc(Cl)c1)c1ccccc1. The molecule has 0 radical (unpaired) electrons. The predicted octanol–water partition coefficient (Wildman–Crippen LogP) is 3.68. The van der Waals surface area contributed by atoms with Crippen LogP contribution in [0.3, 0.4) is 0 Å². The molecule has 1 amide bonds. The van der Waals surface area contributed by atoms with E-state index in [1.165, 1.54) is 0 Å². The van der Waals surface area contributed by atoms with E-state index in [1.807, 2.05) is 49.4 Å². The van der Waals surface area contributed by atoms with Crippen molar-refractivity contribution in [2.45, 2.75) is 19.9 Å². The number of hydrogen-bond donors (Lipinski definition) is 2. The molecule has 0 saturated carbocycles. The van der Waals surface area contributed by atoms with E-state index in [0.717, 1.165) is 17.0 Å². The minimum atomic E-state index is -0.425. The molecule has 0 unspecified atom stereocenters. The van der Waals surface area contributed by atoms with E-state index in [2.05, 4.69) is 15.8 Å². The van der Waals surface area contributed by atoms with Gasteiger partial charge in [-0.2, -0.15) is 5.10 Å². The molecule has 2 aromatic rings. The van der Waals surface area contributed by atoms with Crippen LogP contribution < -0.4 is 10.7 Å². The Morgan fingerprint density at radius 1 is 1.14 bits per heavy atom. The monoisotopic (exact) mass is 315 g/mol. The van der Waals surface area contributed by atoms with Crippen molar-refractivity contribution in [3.05, 3.63) is 65.2 Å². The molecule has 0 aliphatic heterocycles. The van der Waals surface area contributed by atoms with Gasteiger partial charge < -0.3 is 5.32 Å². The summed E-state index contributed by atoms with van der Waals surface area (Å²) in [4.78, 5) is 12.1. The number of amides is 1. The first-order valence-electron chi connectivity index (χ1n) is 6.98. The molecule has 4 nitrogen and oxygen atoms in total. The van der Waals surface area contributed by atoms with E-state index >= 15 is 0 Å². The lowest BCUT2D eigenvalue weighted by atomic mass is 10.1. The van der Waals surface area contributed by atoms with E-state index in [-0.39, 0.29) is 5.91 Å². The first-order valence-corrected chi connectivity index (χ1v) is 7.36. The molecule has 0 aliphatic carbocycles. The molecule has 0 aliphatic rings. The molecule has 22 heavy (non-hydrogen) atoms. The summed E-state index contributed by atoms with van der Waals surface area (Å²) in [6, 6.07) is 16.5. The van der Waals surface area contributed by atoms with Gasteiger partial charge in [-0.3, -0.25) is 4.79 Å². The first kappa shape index (κ1) is 16.0. The standard InChI is InChI=1S/C17H18ClN3O/c1-12(14-7-4-3-5-8-14)20-21-17(22)13(2)19-16-10-6-9-15(18)11-16/h3-11,13,19H,1-2H3,(H,21,22)/t13-/m0/s1. The normalized spacial score (nSPS) is 12.6. The molecule has 2 rings (SSSR count). The Morgan fingerprint density at radius 3 is 2.55 bits per heavy atom. The number of nitrogens with zero attached hydrogens (tertiary/aromatic N) is 1. The minimum Gasteiger partial charge on any atom is -0.374 e. The summed E-state index contributed by atoms with van der Waals surface area (Å²) >= 11 is 5.92. The number of nitrogens with one attached hydrogen (secondary N) is 2. The Balaban J connectivity index is 1.94. The van der Waals surface area contributed by atoms with Gasteiger partial charge in [-0.25, -0.2) is 5.43 Å². The number of benzene rings is 2. The van der Waals surface area contributed by atoms with Crippen molar-refractivity contribution in [3.8, 4) is 0 Å². The number of hydrazone groups is 1. The van der Waals surface area contributed by atoms with Gasteiger partial charge in [-0.05, 0) is 37.6 Å². The minimum absolute atomic E-state index is 0.213. The lowest BCUT2D eigenvalue weighted by Gasteiger charge is -2.14. The second-order valence-corrected chi connectivity index (χ2v) is 5.35. The lowest BCUT2D eigenvalue weighted by Crippen LogP contribution is -2.35. The molecular formula is C17H18ClN3O. The Bertz CT molecular complexity index is 671. The molecule has 0 fully saturated rings. The Hall–Kier alpha value is -2.33. The molecule has 2 aromatic carbocycles. The zero-order valence-corrected chi connectivity index (χ0v) is 13.3. The third-order valence-corrected chi connectivity index (χ3v) is 3.36. The van der Waals surface area contributed by atoms with Crippen molar-refractivity contribution in [1.82, 2.24) is 5.43 Å². The molecule has 0 aromatic heterocycles. The van der Waals surface area contributed by atoms with E-state index in [4.69, 9.17) is 11.6 Å². The van der Waals surface area contributed by atoms with E-state index < -0.39 is 6.04 Å². The van der Waals surface area contributed by atoms with Gasteiger partial charge in [0.15, 0.2) is 0 Å². The van der Waals surface area contributed by atoms with Crippen LogP contribution in [-0.4, -0.2) is 17.7 Å². The van der Waals surface area contributed by atoms with Gasteiger partial charge in [0.2, 0.25) is 0 Å². The van der Waals surface area contributed by atoms with Crippen LogP contribution in [0.15, 0.2) is 59.7 Å². The van der Waals surface area contributed by atoms with Gasteiger partial charge in [0.05, 0.1) is 5.71 Å². The highest BCUT2D eigenvalue weighted by Crippen LogP contribution is 2.15. The van der Waals surface area contributed by atoms with Crippen LogP contribution in [0.1, 0.15) is 19.4 Å². The quantitative estimate of drug-likeness (QED) is 0.653. The van der Waals surface area contributed by atoms with E-state index in [1.54, 1.807) is 19.1 Å². The van der Waals surface area contributed by atoms with Crippen molar-refractivity contribution in [2.24, 2.45) is 5.10 Å². The van der Waals surface area contributed by atoms with Crippen LogP contribution in [0.5, 0.6) is 0 Å². The molecule has 114 valence electrons. The van der Waals surface area contributed by atoms with Crippen LogP contribution in [-0.2, 0) is 4.79 Å². The molecule has 0 bridgehead atoms. The van der Waals surface area contributed by atoms with Crippen LogP contribution in [0.2, 0.25) is 5.02 Å². The van der Waals surface area contributed by atoms with Gasteiger partial charge >= 0.3 is 0 Å². The number of carbonyl (C=O) groups is 1. The van der Waals surface area contributed by atoms with Crippen molar-refractivity contribution in [3.63, 3.8) is 0 Å². The first-order chi connectivity index (χ1) is 10.6. The Kier molecular flexibility index (Phi) is 5.55. The van der Waals surface area contributed by atoms with Gasteiger partial charge in [0.25, 0.3) is 5.91 Å². The third-order valence-electron chi connectivity index (χ3n) is 3.13. The van der Waals surface area contributed by atoms with E-state index in [0.29, 0.717) is 5.02 Å². The third kappa shape index (κ3) is 4.60. The van der Waals surface area contributed by atoms with Crippen LogP contribution >= 0.6 is 11.6 Å². The van der Waals surface area contributed by atoms with Gasteiger partial charge in [0.1, 0.15) is 6.04 Å². The van der Waals surface area contributed by atoms with Crippen molar-refractivity contribution in [2.75, 3.05) is 5.32 Å². The van der Waals surface area contributed by atoms with E-state index in [9.17, 15) is 4.79 Å². The molecular weight excluding hydrogens is 298 g/mol. The molecule has 0 saturated heterocycles. The van der Waals surface area contributed by atoms with Gasteiger partial charge in [0, 0.05) is 10.7 Å².